The highest BCUT2D eigenvalue weighted by Gasteiger charge is 2.48. The number of hydrogen-bond acceptors (Lipinski definition) is 7. The van der Waals surface area contributed by atoms with E-state index < -0.39 is 42.6 Å². The van der Waals surface area contributed by atoms with E-state index in [1.165, 1.54) is 11.1 Å². The quantitative estimate of drug-likeness (QED) is 0.437. The third kappa shape index (κ3) is 5.01. The fraction of sp³-hybridized carbons (Fsp3) is 0.467. The zero-order valence-electron chi connectivity index (χ0n) is 22.4. The van der Waals surface area contributed by atoms with Crippen LogP contribution in [0.25, 0.3) is 5.57 Å². The van der Waals surface area contributed by atoms with Crippen LogP contribution in [0.15, 0.2) is 43.0 Å². The molecule has 1 fully saturated rings. The van der Waals surface area contributed by atoms with Crippen molar-refractivity contribution in [1.82, 2.24) is 0 Å². The number of aryl methyl sites for hydroxylation is 1. The predicted molar refractivity (Wildman–Crippen MR) is 141 cm³/mol. The Kier molecular flexibility index (Phi) is 7.31. The minimum atomic E-state index is -1.87. The van der Waals surface area contributed by atoms with Gasteiger partial charge in [-0.3, -0.25) is 0 Å². The summed E-state index contributed by atoms with van der Waals surface area (Å²) in [5, 5.41) is 39.0. The minimum Gasteiger partial charge on any atom is -0.479 e. The van der Waals surface area contributed by atoms with Crippen LogP contribution in [0.1, 0.15) is 78.7 Å². The van der Waals surface area contributed by atoms with Crippen LogP contribution < -0.4 is 0 Å². The van der Waals surface area contributed by atoms with Crippen LogP contribution in [0.4, 0.5) is 0 Å². The van der Waals surface area contributed by atoms with E-state index in [2.05, 4.69) is 53.3 Å². The fourth-order valence-corrected chi connectivity index (χ4v) is 5.33. The molecule has 0 saturated carbocycles. The number of benzene rings is 2. The molecule has 8 heteroatoms. The van der Waals surface area contributed by atoms with Crippen LogP contribution in [0, 0.1) is 6.92 Å². The standard InChI is InChI=1S/C30H36O8/c1-15-13-20-21(30(5,6)12-11-29(20,3)4)14-19(15)16(2)17-7-9-18(10-8-17)27(36)38-28-24(33)22(31)23(32)25(37-28)26(34)35/h7-10,13-14,22-25,28,31-33H,2,11-12H2,1,3-6H3,(H,34,35)/t22-,23-,24-,25-,28-/m0/s1. The molecule has 0 bridgehead atoms. The Morgan fingerprint density at radius 2 is 1.42 bits per heavy atom. The maximum atomic E-state index is 12.7. The molecule has 2 aromatic rings. The summed E-state index contributed by atoms with van der Waals surface area (Å²) >= 11 is 0. The van der Waals surface area contributed by atoms with Gasteiger partial charge in [0.25, 0.3) is 0 Å². The molecule has 0 unspecified atom stereocenters. The Bertz CT molecular complexity index is 1260. The number of carbonyl (C=O) groups is 2. The first-order chi connectivity index (χ1) is 17.6. The molecule has 204 valence electrons. The van der Waals surface area contributed by atoms with Gasteiger partial charge in [0.2, 0.25) is 6.29 Å². The number of aliphatic hydroxyl groups excluding tert-OH is 3. The van der Waals surface area contributed by atoms with Crippen molar-refractivity contribution in [3.8, 4) is 0 Å². The van der Waals surface area contributed by atoms with Crippen molar-refractivity contribution in [2.45, 2.75) is 89.0 Å². The second-order valence-corrected chi connectivity index (χ2v) is 11.7. The average molecular weight is 525 g/mol. The predicted octanol–water partition coefficient (Wildman–Crippen LogP) is 3.45. The summed E-state index contributed by atoms with van der Waals surface area (Å²) in [6.07, 6.45) is -6.93. The van der Waals surface area contributed by atoms with E-state index in [0.29, 0.717) is 0 Å². The number of esters is 1. The van der Waals surface area contributed by atoms with Gasteiger partial charge < -0.3 is 29.9 Å². The number of carboxylic acid groups (broad SMARTS) is 1. The van der Waals surface area contributed by atoms with Gasteiger partial charge in [-0.1, -0.05) is 58.5 Å². The lowest BCUT2D eigenvalue weighted by atomic mass is 9.62. The van der Waals surface area contributed by atoms with Crippen molar-refractivity contribution in [2.75, 3.05) is 0 Å². The number of carboxylic acids is 1. The zero-order valence-corrected chi connectivity index (χ0v) is 22.4. The van der Waals surface area contributed by atoms with Gasteiger partial charge in [0.15, 0.2) is 6.10 Å². The van der Waals surface area contributed by atoms with E-state index in [-0.39, 0.29) is 16.4 Å². The van der Waals surface area contributed by atoms with Crippen molar-refractivity contribution in [3.05, 3.63) is 76.4 Å². The summed E-state index contributed by atoms with van der Waals surface area (Å²) in [6, 6.07) is 11.1. The third-order valence-corrected chi connectivity index (χ3v) is 8.03. The van der Waals surface area contributed by atoms with Crippen LogP contribution in [0.2, 0.25) is 0 Å². The molecular weight excluding hydrogens is 488 g/mol. The molecule has 1 heterocycles. The highest BCUT2D eigenvalue weighted by molar-refractivity contribution is 5.90. The highest BCUT2D eigenvalue weighted by atomic mass is 16.7. The fourth-order valence-electron chi connectivity index (χ4n) is 5.33. The van der Waals surface area contributed by atoms with Gasteiger partial charge in [-0.2, -0.15) is 0 Å². The van der Waals surface area contributed by atoms with Crippen molar-refractivity contribution < 1.29 is 39.5 Å². The number of hydrogen-bond donors (Lipinski definition) is 4. The zero-order chi connectivity index (χ0) is 28.2. The van der Waals surface area contributed by atoms with E-state index in [0.717, 1.165) is 35.1 Å². The Hall–Kier alpha value is -3.04. The lowest BCUT2D eigenvalue weighted by Crippen LogP contribution is -2.60. The number of rotatable bonds is 5. The second kappa shape index (κ2) is 9.93. The Labute approximate surface area is 222 Å². The summed E-state index contributed by atoms with van der Waals surface area (Å²) in [5.74, 6) is -2.44. The molecule has 2 aromatic carbocycles. The molecular formula is C30H36O8. The molecule has 0 amide bonds. The van der Waals surface area contributed by atoms with Crippen LogP contribution >= 0.6 is 0 Å². The lowest BCUT2D eigenvalue weighted by molar-refractivity contribution is -0.278. The smallest absolute Gasteiger partial charge is 0.340 e. The maximum Gasteiger partial charge on any atom is 0.340 e. The molecule has 4 rings (SSSR count). The van der Waals surface area contributed by atoms with Crippen molar-refractivity contribution in [3.63, 3.8) is 0 Å². The van der Waals surface area contributed by atoms with Crippen molar-refractivity contribution in [1.29, 1.82) is 0 Å². The van der Waals surface area contributed by atoms with E-state index in [1.54, 1.807) is 24.3 Å². The molecule has 0 spiro atoms. The Morgan fingerprint density at radius 3 is 1.97 bits per heavy atom. The second-order valence-electron chi connectivity index (χ2n) is 11.7. The van der Waals surface area contributed by atoms with Crippen LogP contribution in [0.5, 0.6) is 0 Å². The van der Waals surface area contributed by atoms with Crippen LogP contribution in [0.3, 0.4) is 0 Å². The molecule has 1 saturated heterocycles. The van der Waals surface area contributed by atoms with E-state index >= 15 is 0 Å². The number of fused-ring (bicyclic) bond motifs is 1. The van der Waals surface area contributed by atoms with Gasteiger partial charge in [-0.15, -0.1) is 0 Å². The minimum absolute atomic E-state index is 0.0518. The number of ether oxygens (including phenoxy) is 2. The SMILES string of the molecule is C=C(c1ccc(C(=O)O[C@@H]2O[C@H](C(=O)O)[C@@H](O)[C@H](O)[C@@H]2O)cc1)c1cc2c(cc1C)C(C)(C)CCC2(C)C. The van der Waals surface area contributed by atoms with Gasteiger partial charge in [0, 0.05) is 0 Å². The number of aliphatic hydroxyl groups is 3. The average Bonchev–Trinajstić information content (AvgIpc) is 2.86. The van der Waals surface area contributed by atoms with Gasteiger partial charge in [-0.25, -0.2) is 9.59 Å². The number of carbonyl (C=O) groups excluding carboxylic acids is 1. The van der Waals surface area contributed by atoms with Crippen LogP contribution in [-0.2, 0) is 25.1 Å². The first kappa shape index (κ1) is 28.0. The summed E-state index contributed by atoms with van der Waals surface area (Å²) in [7, 11) is 0. The maximum absolute atomic E-state index is 12.7. The molecule has 1 aliphatic carbocycles. The van der Waals surface area contributed by atoms with Gasteiger partial charge >= 0.3 is 11.9 Å². The third-order valence-electron chi connectivity index (χ3n) is 8.03. The monoisotopic (exact) mass is 524 g/mol. The molecule has 4 N–H and O–H groups in total. The van der Waals surface area contributed by atoms with E-state index in [1.807, 2.05) is 0 Å². The molecule has 0 radical (unpaired) electrons. The Balaban J connectivity index is 1.54. The molecule has 2 aliphatic rings. The van der Waals surface area contributed by atoms with Gasteiger partial charge in [0.1, 0.15) is 18.3 Å². The molecule has 38 heavy (non-hydrogen) atoms. The van der Waals surface area contributed by atoms with Crippen LogP contribution in [-0.4, -0.2) is 63.1 Å². The highest BCUT2D eigenvalue weighted by Crippen LogP contribution is 2.47. The van der Waals surface area contributed by atoms with Crippen molar-refractivity contribution in [2.24, 2.45) is 0 Å². The summed E-state index contributed by atoms with van der Waals surface area (Å²) in [5.41, 5.74) is 6.78. The molecule has 0 aromatic heterocycles. The first-order valence-corrected chi connectivity index (χ1v) is 12.7. The topological polar surface area (TPSA) is 134 Å². The van der Waals surface area contributed by atoms with Crippen molar-refractivity contribution >= 4 is 17.5 Å². The van der Waals surface area contributed by atoms with E-state index in [9.17, 15) is 30.0 Å². The summed E-state index contributed by atoms with van der Waals surface area (Å²) in [6.45, 7) is 15.5. The van der Waals surface area contributed by atoms with Gasteiger partial charge in [-0.05, 0) is 76.1 Å². The largest absolute Gasteiger partial charge is 0.479 e. The molecule has 1 aliphatic heterocycles. The van der Waals surface area contributed by atoms with E-state index in [4.69, 9.17) is 9.47 Å². The number of aliphatic carboxylic acids is 1. The van der Waals surface area contributed by atoms with Gasteiger partial charge in [0.05, 0.1) is 5.56 Å². The molecule has 8 nitrogen and oxygen atoms in total. The first-order valence-electron chi connectivity index (χ1n) is 12.7. The summed E-state index contributed by atoms with van der Waals surface area (Å²) < 4.78 is 10.2. The normalized spacial score (nSPS) is 27.7. The Morgan fingerprint density at radius 1 is 0.895 bits per heavy atom. The summed E-state index contributed by atoms with van der Waals surface area (Å²) in [4.78, 5) is 24.0. The lowest BCUT2D eigenvalue weighted by Gasteiger charge is -2.42. The molecule has 5 atom stereocenters.